The Bertz CT molecular complexity index is 813. The van der Waals surface area contributed by atoms with Crippen molar-refractivity contribution in [3.8, 4) is 5.75 Å². The lowest BCUT2D eigenvalue weighted by Crippen LogP contribution is -2.49. The van der Waals surface area contributed by atoms with Crippen molar-refractivity contribution in [2.75, 3.05) is 26.2 Å². The third-order valence-electron chi connectivity index (χ3n) is 4.61. The molecule has 0 spiro atoms. The first kappa shape index (κ1) is 21.7. The second-order valence-corrected chi connectivity index (χ2v) is 9.23. The summed E-state index contributed by atoms with van der Waals surface area (Å²) in [6, 6.07) is 16.4. The lowest BCUT2D eigenvalue weighted by Gasteiger charge is -2.35. The van der Waals surface area contributed by atoms with Crippen LogP contribution < -0.4 is 4.74 Å². The number of halogens is 1. The van der Waals surface area contributed by atoms with Crippen LogP contribution in [-0.4, -0.2) is 47.7 Å². The largest absolute Gasteiger partial charge is 0.489 e. The molecule has 29 heavy (non-hydrogen) atoms. The minimum Gasteiger partial charge on any atom is -0.489 e. The van der Waals surface area contributed by atoms with E-state index < -0.39 is 5.60 Å². The minimum atomic E-state index is -0.458. The summed E-state index contributed by atoms with van der Waals surface area (Å²) in [7, 11) is 0. The van der Waals surface area contributed by atoms with Gasteiger partial charge in [0.15, 0.2) is 0 Å². The minimum absolute atomic E-state index is 0.226. The van der Waals surface area contributed by atoms with Gasteiger partial charge in [-0.05, 0) is 50.1 Å². The van der Waals surface area contributed by atoms with E-state index in [0.717, 1.165) is 35.4 Å². The molecule has 0 unspecified atom stereocenters. The van der Waals surface area contributed by atoms with E-state index in [2.05, 4.69) is 45.1 Å². The molecule has 0 N–H and O–H groups in total. The van der Waals surface area contributed by atoms with E-state index in [9.17, 15) is 4.79 Å². The molecular formula is C23H29BrN2O3. The Morgan fingerprint density at radius 3 is 2.34 bits per heavy atom. The van der Waals surface area contributed by atoms with Crippen molar-refractivity contribution in [3.05, 3.63) is 64.1 Å². The van der Waals surface area contributed by atoms with Gasteiger partial charge in [0.05, 0.1) is 0 Å². The highest BCUT2D eigenvalue weighted by Gasteiger charge is 2.25. The summed E-state index contributed by atoms with van der Waals surface area (Å²) in [5, 5.41) is 0. The summed E-state index contributed by atoms with van der Waals surface area (Å²) in [5.41, 5.74) is 1.88. The summed E-state index contributed by atoms with van der Waals surface area (Å²) in [4.78, 5) is 16.4. The number of benzene rings is 2. The van der Waals surface area contributed by atoms with E-state index in [1.165, 1.54) is 5.56 Å². The Kier molecular flexibility index (Phi) is 7.19. The number of hydrogen-bond donors (Lipinski definition) is 0. The normalized spacial score (nSPS) is 15.2. The maximum atomic E-state index is 12.2. The number of carbonyl (C=O) groups is 1. The average Bonchev–Trinajstić information content (AvgIpc) is 2.66. The molecule has 0 aliphatic carbocycles. The van der Waals surface area contributed by atoms with Gasteiger partial charge < -0.3 is 14.4 Å². The van der Waals surface area contributed by atoms with E-state index in [1.54, 1.807) is 4.90 Å². The standard InChI is InChI=1S/C23H29BrN2O3/c1-23(2,3)29-22(27)26-11-9-25(10-12-26)16-19-13-20(24)15-21(14-19)28-17-18-7-5-4-6-8-18/h4-8,13-15H,9-12,16-17H2,1-3H3. The van der Waals surface area contributed by atoms with Crippen molar-refractivity contribution in [3.63, 3.8) is 0 Å². The monoisotopic (exact) mass is 460 g/mol. The number of carbonyl (C=O) groups excluding carboxylic acids is 1. The van der Waals surface area contributed by atoms with Crippen LogP contribution in [0.25, 0.3) is 0 Å². The Morgan fingerprint density at radius 2 is 1.69 bits per heavy atom. The van der Waals surface area contributed by atoms with E-state index in [1.807, 2.05) is 45.0 Å². The lowest BCUT2D eigenvalue weighted by molar-refractivity contribution is 0.0139. The molecular weight excluding hydrogens is 432 g/mol. The molecule has 0 saturated carbocycles. The van der Waals surface area contributed by atoms with Gasteiger partial charge in [0.1, 0.15) is 18.0 Å². The zero-order valence-corrected chi connectivity index (χ0v) is 18.9. The zero-order chi connectivity index (χ0) is 20.9. The fourth-order valence-corrected chi connectivity index (χ4v) is 3.73. The predicted molar refractivity (Wildman–Crippen MR) is 118 cm³/mol. The molecule has 0 bridgehead atoms. The summed E-state index contributed by atoms with van der Waals surface area (Å²) in [6.45, 7) is 10.1. The van der Waals surface area contributed by atoms with Gasteiger partial charge in [0.25, 0.3) is 0 Å². The molecule has 1 amide bonds. The highest BCUT2D eigenvalue weighted by Crippen LogP contribution is 2.24. The second kappa shape index (κ2) is 9.63. The van der Waals surface area contributed by atoms with Gasteiger partial charge in [-0.3, -0.25) is 4.90 Å². The summed E-state index contributed by atoms with van der Waals surface area (Å²) in [6.07, 6.45) is -0.226. The fraction of sp³-hybridized carbons (Fsp3) is 0.435. The first-order valence-electron chi connectivity index (χ1n) is 9.95. The van der Waals surface area contributed by atoms with Gasteiger partial charge in [-0.2, -0.15) is 0 Å². The van der Waals surface area contributed by atoms with Gasteiger partial charge >= 0.3 is 6.09 Å². The lowest BCUT2D eigenvalue weighted by atomic mass is 10.2. The van der Waals surface area contributed by atoms with Crippen molar-refractivity contribution >= 4 is 22.0 Å². The number of ether oxygens (including phenoxy) is 2. The Hall–Kier alpha value is -2.05. The molecule has 5 nitrogen and oxygen atoms in total. The second-order valence-electron chi connectivity index (χ2n) is 8.31. The van der Waals surface area contributed by atoms with Gasteiger partial charge in [-0.25, -0.2) is 4.79 Å². The molecule has 156 valence electrons. The molecule has 2 aromatic carbocycles. The zero-order valence-electron chi connectivity index (χ0n) is 17.4. The molecule has 0 radical (unpaired) electrons. The highest BCUT2D eigenvalue weighted by molar-refractivity contribution is 9.10. The first-order valence-corrected chi connectivity index (χ1v) is 10.7. The van der Waals surface area contributed by atoms with Gasteiger partial charge in [-0.15, -0.1) is 0 Å². The summed E-state index contributed by atoms with van der Waals surface area (Å²) >= 11 is 3.59. The molecule has 1 heterocycles. The van der Waals surface area contributed by atoms with Crippen LogP contribution in [0.4, 0.5) is 4.79 Å². The molecule has 1 saturated heterocycles. The topological polar surface area (TPSA) is 42.0 Å². The molecule has 6 heteroatoms. The van der Waals surface area contributed by atoms with E-state index >= 15 is 0 Å². The maximum Gasteiger partial charge on any atom is 0.410 e. The summed E-state index contributed by atoms with van der Waals surface area (Å²) in [5.74, 6) is 0.852. The molecule has 0 aromatic heterocycles. The molecule has 3 rings (SSSR count). The van der Waals surface area contributed by atoms with Crippen LogP contribution in [0.15, 0.2) is 53.0 Å². The van der Waals surface area contributed by atoms with Crippen LogP contribution in [0.1, 0.15) is 31.9 Å². The predicted octanol–water partition coefficient (Wildman–Crippen LogP) is 5.08. The van der Waals surface area contributed by atoms with Crippen molar-refractivity contribution in [2.45, 2.75) is 39.5 Å². The van der Waals surface area contributed by atoms with Crippen LogP contribution in [-0.2, 0) is 17.9 Å². The smallest absolute Gasteiger partial charge is 0.410 e. The van der Waals surface area contributed by atoms with Gasteiger partial charge in [0.2, 0.25) is 0 Å². The number of amides is 1. The van der Waals surface area contributed by atoms with Crippen molar-refractivity contribution in [1.29, 1.82) is 0 Å². The quantitative estimate of drug-likeness (QED) is 0.623. The third-order valence-corrected chi connectivity index (χ3v) is 5.07. The third kappa shape index (κ3) is 7.05. The highest BCUT2D eigenvalue weighted by atomic mass is 79.9. The van der Waals surface area contributed by atoms with E-state index in [0.29, 0.717) is 19.7 Å². The molecule has 0 atom stereocenters. The molecule has 2 aromatic rings. The number of rotatable bonds is 5. The van der Waals surface area contributed by atoms with Crippen molar-refractivity contribution < 1.29 is 14.3 Å². The van der Waals surface area contributed by atoms with Crippen LogP contribution in [0, 0.1) is 0 Å². The van der Waals surface area contributed by atoms with Crippen LogP contribution in [0.3, 0.4) is 0 Å². The van der Waals surface area contributed by atoms with Crippen LogP contribution in [0.5, 0.6) is 5.75 Å². The average molecular weight is 461 g/mol. The first-order chi connectivity index (χ1) is 13.8. The van der Waals surface area contributed by atoms with Crippen LogP contribution in [0.2, 0.25) is 0 Å². The fourth-order valence-electron chi connectivity index (χ4n) is 3.21. The van der Waals surface area contributed by atoms with Crippen molar-refractivity contribution in [1.82, 2.24) is 9.80 Å². The number of piperazine rings is 1. The van der Waals surface area contributed by atoms with E-state index in [4.69, 9.17) is 9.47 Å². The number of nitrogens with zero attached hydrogens (tertiary/aromatic N) is 2. The van der Waals surface area contributed by atoms with Gasteiger partial charge in [0, 0.05) is 37.2 Å². The Labute approximate surface area is 181 Å². The number of hydrogen-bond acceptors (Lipinski definition) is 4. The van der Waals surface area contributed by atoms with Crippen LogP contribution >= 0.6 is 15.9 Å². The maximum absolute atomic E-state index is 12.2. The summed E-state index contributed by atoms with van der Waals surface area (Å²) < 4.78 is 12.5. The molecule has 1 fully saturated rings. The van der Waals surface area contributed by atoms with Crippen molar-refractivity contribution in [2.24, 2.45) is 0 Å². The SMILES string of the molecule is CC(C)(C)OC(=O)N1CCN(Cc2cc(Br)cc(OCc3ccccc3)c2)CC1. The Morgan fingerprint density at radius 1 is 1.00 bits per heavy atom. The molecule has 1 aliphatic heterocycles. The Balaban J connectivity index is 1.53. The molecule has 1 aliphatic rings. The van der Waals surface area contributed by atoms with E-state index in [-0.39, 0.29) is 6.09 Å². The van der Waals surface area contributed by atoms with Gasteiger partial charge in [-0.1, -0.05) is 46.3 Å².